The first-order valence-corrected chi connectivity index (χ1v) is 8.08. The number of thioether (sulfide) groups is 1. The lowest BCUT2D eigenvalue weighted by atomic mass is 10.1. The summed E-state index contributed by atoms with van der Waals surface area (Å²) in [5, 5.41) is 3.16. The van der Waals surface area contributed by atoms with Crippen LogP contribution in [0.15, 0.2) is 29.2 Å². The van der Waals surface area contributed by atoms with Crippen molar-refractivity contribution >= 4 is 17.6 Å². The number of ether oxygens (including phenoxy) is 1. The zero-order valence-electron chi connectivity index (χ0n) is 12.3. The van der Waals surface area contributed by atoms with Gasteiger partial charge in [0.15, 0.2) is 0 Å². The van der Waals surface area contributed by atoms with E-state index < -0.39 is 0 Å². The summed E-state index contributed by atoms with van der Waals surface area (Å²) < 4.78 is 5.49. The molecular formula is C16H19N3OS. The van der Waals surface area contributed by atoms with Gasteiger partial charge in [-0.05, 0) is 19.1 Å². The third-order valence-electron chi connectivity index (χ3n) is 3.49. The van der Waals surface area contributed by atoms with E-state index in [2.05, 4.69) is 41.5 Å². The fourth-order valence-electron chi connectivity index (χ4n) is 2.34. The van der Waals surface area contributed by atoms with Crippen molar-refractivity contribution in [1.29, 1.82) is 0 Å². The highest BCUT2D eigenvalue weighted by molar-refractivity contribution is 7.98. The molecule has 1 aromatic heterocycles. The molecule has 110 valence electrons. The quantitative estimate of drug-likeness (QED) is 0.879. The first-order valence-electron chi connectivity index (χ1n) is 7.10. The fourth-order valence-corrected chi connectivity index (χ4v) is 3.09. The minimum atomic E-state index is 0.608. The maximum atomic E-state index is 5.49. The Morgan fingerprint density at radius 3 is 2.81 bits per heavy atom. The van der Waals surface area contributed by atoms with Gasteiger partial charge in [0.1, 0.15) is 11.6 Å². The minimum Gasteiger partial charge on any atom is -0.376 e. The maximum Gasteiger partial charge on any atom is 0.141 e. The summed E-state index contributed by atoms with van der Waals surface area (Å²) >= 11 is 1.77. The maximum absolute atomic E-state index is 5.49. The molecule has 1 aromatic carbocycles. The third-order valence-corrected chi connectivity index (χ3v) is 4.50. The van der Waals surface area contributed by atoms with Gasteiger partial charge in [-0.3, -0.25) is 0 Å². The average Bonchev–Trinajstić information content (AvgIpc) is 2.53. The van der Waals surface area contributed by atoms with Crippen molar-refractivity contribution in [3.05, 3.63) is 46.9 Å². The molecule has 1 N–H and O–H groups in total. The Kier molecular flexibility index (Phi) is 4.41. The number of hydrogen-bond donors (Lipinski definition) is 1. The third kappa shape index (κ3) is 3.36. The second kappa shape index (κ2) is 6.45. The van der Waals surface area contributed by atoms with Crippen LogP contribution in [-0.4, -0.2) is 23.6 Å². The topological polar surface area (TPSA) is 47.0 Å². The summed E-state index contributed by atoms with van der Waals surface area (Å²) in [6, 6.07) is 8.55. The van der Waals surface area contributed by atoms with Gasteiger partial charge in [0.05, 0.1) is 24.7 Å². The van der Waals surface area contributed by atoms with E-state index in [1.807, 2.05) is 7.05 Å². The van der Waals surface area contributed by atoms with Gasteiger partial charge in [0.25, 0.3) is 0 Å². The summed E-state index contributed by atoms with van der Waals surface area (Å²) in [5.74, 6) is 2.57. The van der Waals surface area contributed by atoms with E-state index in [-0.39, 0.29) is 0 Å². The predicted octanol–water partition coefficient (Wildman–Crippen LogP) is 3.19. The number of nitrogens with one attached hydrogen (secondary N) is 1. The first-order chi connectivity index (χ1) is 10.3. The molecule has 2 heterocycles. The molecule has 0 amide bonds. The average molecular weight is 301 g/mol. The standard InChI is InChI=1S/C16H19N3OS/c1-11-3-5-12(6-4-11)21-10-15-18-14-7-8-20-9-13(14)16(17-2)19-15/h3-6H,7-10H2,1-2H3,(H,17,18,19). The van der Waals surface area contributed by atoms with Crippen LogP contribution in [0.25, 0.3) is 0 Å². The molecule has 3 rings (SSSR count). The van der Waals surface area contributed by atoms with Crippen molar-refractivity contribution in [2.75, 3.05) is 19.0 Å². The van der Waals surface area contributed by atoms with Gasteiger partial charge < -0.3 is 10.1 Å². The second-order valence-corrected chi connectivity index (χ2v) is 6.12. The van der Waals surface area contributed by atoms with E-state index in [1.54, 1.807) is 11.8 Å². The van der Waals surface area contributed by atoms with E-state index in [0.717, 1.165) is 41.7 Å². The SMILES string of the molecule is CNc1nc(CSc2ccc(C)cc2)nc2c1COCC2. The van der Waals surface area contributed by atoms with E-state index in [9.17, 15) is 0 Å². The highest BCUT2D eigenvalue weighted by atomic mass is 32.2. The molecule has 0 fully saturated rings. The number of nitrogens with zero attached hydrogens (tertiary/aromatic N) is 2. The van der Waals surface area contributed by atoms with E-state index >= 15 is 0 Å². The van der Waals surface area contributed by atoms with Crippen LogP contribution in [0, 0.1) is 6.92 Å². The fraction of sp³-hybridized carbons (Fsp3) is 0.375. The minimum absolute atomic E-state index is 0.608. The molecule has 0 saturated carbocycles. The highest BCUT2D eigenvalue weighted by Crippen LogP contribution is 2.26. The molecule has 1 aliphatic rings. The van der Waals surface area contributed by atoms with E-state index in [1.165, 1.54) is 10.5 Å². The van der Waals surface area contributed by atoms with Gasteiger partial charge in [0, 0.05) is 23.9 Å². The van der Waals surface area contributed by atoms with Crippen LogP contribution in [0.4, 0.5) is 5.82 Å². The first kappa shape index (κ1) is 14.4. The van der Waals surface area contributed by atoms with Crippen LogP contribution in [-0.2, 0) is 23.5 Å². The molecule has 0 aliphatic carbocycles. The molecule has 21 heavy (non-hydrogen) atoms. The lowest BCUT2D eigenvalue weighted by Crippen LogP contribution is -2.16. The summed E-state index contributed by atoms with van der Waals surface area (Å²) in [7, 11) is 1.90. The monoisotopic (exact) mass is 301 g/mol. The molecule has 0 atom stereocenters. The molecule has 2 aromatic rings. The number of anilines is 1. The van der Waals surface area contributed by atoms with E-state index in [0.29, 0.717) is 6.61 Å². The summed E-state index contributed by atoms with van der Waals surface area (Å²) in [6.45, 7) is 3.46. The van der Waals surface area contributed by atoms with Crippen LogP contribution in [0.5, 0.6) is 0 Å². The van der Waals surface area contributed by atoms with Gasteiger partial charge in [-0.25, -0.2) is 9.97 Å². The van der Waals surface area contributed by atoms with Crippen molar-refractivity contribution in [3.63, 3.8) is 0 Å². The second-order valence-electron chi connectivity index (χ2n) is 5.07. The van der Waals surface area contributed by atoms with Crippen LogP contribution in [0.2, 0.25) is 0 Å². The summed E-state index contributed by atoms with van der Waals surface area (Å²) in [4.78, 5) is 10.6. The summed E-state index contributed by atoms with van der Waals surface area (Å²) in [5.41, 5.74) is 3.51. The largest absolute Gasteiger partial charge is 0.376 e. The number of benzene rings is 1. The Bertz CT molecular complexity index is 611. The number of rotatable bonds is 4. The van der Waals surface area contributed by atoms with Crippen LogP contribution >= 0.6 is 11.8 Å². The smallest absolute Gasteiger partial charge is 0.141 e. The zero-order valence-corrected chi connectivity index (χ0v) is 13.2. The van der Waals surface area contributed by atoms with Crippen molar-refractivity contribution < 1.29 is 4.74 Å². The molecule has 0 saturated heterocycles. The predicted molar refractivity (Wildman–Crippen MR) is 85.7 cm³/mol. The number of aryl methyl sites for hydroxylation is 1. The lowest BCUT2D eigenvalue weighted by Gasteiger charge is -2.19. The van der Waals surface area contributed by atoms with Crippen LogP contribution in [0.3, 0.4) is 0 Å². The molecule has 0 unspecified atom stereocenters. The normalized spacial score (nSPS) is 13.8. The Morgan fingerprint density at radius 1 is 1.24 bits per heavy atom. The lowest BCUT2D eigenvalue weighted by molar-refractivity contribution is 0.109. The van der Waals surface area contributed by atoms with Crippen molar-refractivity contribution in [2.24, 2.45) is 0 Å². The molecule has 1 aliphatic heterocycles. The highest BCUT2D eigenvalue weighted by Gasteiger charge is 2.17. The van der Waals surface area contributed by atoms with Crippen molar-refractivity contribution in [3.8, 4) is 0 Å². The van der Waals surface area contributed by atoms with Gasteiger partial charge in [-0.2, -0.15) is 0 Å². The molecular weight excluding hydrogens is 282 g/mol. The van der Waals surface area contributed by atoms with Crippen molar-refractivity contribution in [2.45, 2.75) is 30.6 Å². The van der Waals surface area contributed by atoms with E-state index in [4.69, 9.17) is 9.72 Å². The van der Waals surface area contributed by atoms with Gasteiger partial charge in [-0.1, -0.05) is 17.7 Å². The van der Waals surface area contributed by atoms with Gasteiger partial charge >= 0.3 is 0 Å². The van der Waals surface area contributed by atoms with Crippen molar-refractivity contribution in [1.82, 2.24) is 9.97 Å². The molecule has 0 spiro atoms. The Labute approximate surface area is 129 Å². The van der Waals surface area contributed by atoms with Crippen LogP contribution < -0.4 is 5.32 Å². The molecule has 0 bridgehead atoms. The number of hydrogen-bond acceptors (Lipinski definition) is 5. The van der Waals surface area contributed by atoms with Gasteiger partial charge in [-0.15, -0.1) is 11.8 Å². The van der Waals surface area contributed by atoms with Gasteiger partial charge in [0.2, 0.25) is 0 Å². The number of aromatic nitrogens is 2. The number of fused-ring (bicyclic) bond motifs is 1. The van der Waals surface area contributed by atoms with Crippen LogP contribution in [0.1, 0.15) is 22.6 Å². The molecule has 4 nitrogen and oxygen atoms in total. The zero-order chi connectivity index (χ0) is 14.7. The summed E-state index contributed by atoms with van der Waals surface area (Å²) in [6.07, 6.45) is 0.870. The molecule has 0 radical (unpaired) electrons. The Hall–Kier alpha value is -1.59. The molecule has 5 heteroatoms. The Balaban J connectivity index is 1.77. The Morgan fingerprint density at radius 2 is 2.05 bits per heavy atom.